The van der Waals surface area contributed by atoms with E-state index in [1.54, 1.807) is 0 Å². The fourth-order valence-electron chi connectivity index (χ4n) is 2.46. The third-order valence-electron chi connectivity index (χ3n) is 3.68. The Bertz CT molecular complexity index is 496. The number of nitrogens with one attached hydrogen (secondary N) is 1. The lowest BCUT2D eigenvalue weighted by Gasteiger charge is -2.25. The van der Waals surface area contributed by atoms with Crippen molar-refractivity contribution >= 4 is 17.6 Å². The summed E-state index contributed by atoms with van der Waals surface area (Å²) in [6.07, 6.45) is 6.23. The van der Waals surface area contributed by atoms with Gasteiger partial charge in [0.05, 0.1) is 22.9 Å². The van der Waals surface area contributed by atoms with Crippen molar-refractivity contribution in [2.75, 3.05) is 11.9 Å². The zero-order valence-electron chi connectivity index (χ0n) is 10.6. The van der Waals surface area contributed by atoms with Crippen LogP contribution in [0.3, 0.4) is 0 Å². The number of carboxylic acid groups (broad SMARTS) is 1. The first-order valence-electron chi connectivity index (χ1n) is 6.27. The van der Waals surface area contributed by atoms with Crippen molar-refractivity contribution in [2.24, 2.45) is 11.1 Å². The van der Waals surface area contributed by atoms with Crippen LogP contribution in [0.4, 0.5) is 5.69 Å². The number of amides is 1. The van der Waals surface area contributed by atoms with Crippen LogP contribution in [0.5, 0.6) is 0 Å². The summed E-state index contributed by atoms with van der Waals surface area (Å²) in [4.78, 5) is 26.9. The number of hydrogen-bond acceptors (Lipinski definition) is 4. The Hall–Kier alpha value is -1.95. The molecule has 1 aromatic rings. The molecule has 6 heteroatoms. The zero-order valence-corrected chi connectivity index (χ0v) is 10.6. The number of rotatable bonds is 4. The van der Waals surface area contributed by atoms with Gasteiger partial charge in [0.2, 0.25) is 5.91 Å². The average molecular weight is 263 g/mol. The molecule has 0 spiro atoms. The minimum atomic E-state index is -1.07. The Labute approximate surface area is 111 Å². The number of anilines is 1. The molecule has 0 aliphatic heterocycles. The minimum absolute atomic E-state index is 0.0472. The highest BCUT2D eigenvalue weighted by Crippen LogP contribution is 2.38. The van der Waals surface area contributed by atoms with Gasteiger partial charge in [-0.3, -0.25) is 9.78 Å². The summed E-state index contributed by atoms with van der Waals surface area (Å²) in [7, 11) is 0. The largest absolute Gasteiger partial charge is 0.478 e. The first kappa shape index (κ1) is 13.5. The number of aromatic nitrogens is 1. The van der Waals surface area contributed by atoms with E-state index in [-0.39, 0.29) is 11.5 Å². The van der Waals surface area contributed by atoms with E-state index in [9.17, 15) is 9.59 Å². The van der Waals surface area contributed by atoms with Crippen LogP contribution in [0, 0.1) is 5.41 Å². The number of nitrogens with two attached hydrogens (primary N) is 1. The Morgan fingerprint density at radius 3 is 2.63 bits per heavy atom. The molecule has 4 N–H and O–H groups in total. The van der Waals surface area contributed by atoms with Gasteiger partial charge in [0.1, 0.15) is 0 Å². The van der Waals surface area contributed by atoms with E-state index in [1.165, 1.54) is 18.5 Å². The maximum Gasteiger partial charge on any atom is 0.337 e. The van der Waals surface area contributed by atoms with Crippen molar-refractivity contribution in [3.8, 4) is 0 Å². The van der Waals surface area contributed by atoms with Gasteiger partial charge in [-0.15, -0.1) is 0 Å². The highest BCUT2D eigenvalue weighted by Gasteiger charge is 2.39. The van der Waals surface area contributed by atoms with Gasteiger partial charge in [-0.05, 0) is 18.9 Å². The van der Waals surface area contributed by atoms with E-state index in [2.05, 4.69) is 10.3 Å². The summed E-state index contributed by atoms with van der Waals surface area (Å²) in [5.41, 5.74) is 5.66. The first-order valence-corrected chi connectivity index (χ1v) is 6.27. The molecule has 0 atom stereocenters. The van der Waals surface area contributed by atoms with Gasteiger partial charge >= 0.3 is 5.97 Å². The maximum atomic E-state index is 12.3. The SMILES string of the molecule is NCC1(C(=O)Nc2cncc(C(=O)O)c2)CCCC1. The lowest BCUT2D eigenvalue weighted by atomic mass is 9.85. The lowest BCUT2D eigenvalue weighted by molar-refractivity contribution is -0.124. The number of pyridine rings is 1. The zero-order chi connectivity index (χ0) is 13.9. The second kappa shape index (κ2) is 5.36. The molecule has 1 amide bonds. The normalized spacial score (nSPS) is 17.1. The number of hydrogen-bond donors (Lipinski definition) is 3. The second-order valence-corrected chi connectivity index (χ2v) is 4.91. The van der Waals surface area contributed by atoms with Gasteiger partial charge in [0.15, 0.2) is 0 Å². The van der Waals surface area contributed by atoms with Crippen LogP contribution >= 0.6 is 0 Å². The molecule has 1 aromatic heterocycles. The molecule has 102 valence electrons. The van der Waals surface area contributed by atoms with Crippen LogP contribution in [0.15, 0.2) is 18.5 Å². The van der Waals surface area contributed by atoms with Gasteiger partial charge in [0.25, 0.3) is 0 Å². The molecule has 19 heavy (non-hydrogen) atoms. The summed E-state index contributed by atoms with van der Waals surface area (Å²) in [6.45, 7) is 0.310. The van der Waals surface area contributed by atoms with E-state index >= 15 is 0 Å². The predicted octanol–water partition coefficient (Wildman–Crippen LogP) is 1.24. The third kappa shape index (κ3) is 2.73. The molecule has 0 unspecified atom stereocenters. The molecule has 6 nitrogen and oxygen atoms in total. The summed E-state index contributed by atoms with van der Waals surface area (Å²) in [5, 5.41) is 11.6. The molecule has 0 bridgehead atoms. The van der Waals surface area contributed by atoms with Crippen molar-refractivity contribution in [1.29, 1.82) is 0 Å². The highest BCUT2D eigenvalue weighted by atomic mass is 16.4. The van der Waals surface area contributed by atoms with Crippen molar-refractivity contribution in [3.05, 3.63) is 24.0 Å². The fourth-order valence-corrected chi connectivity index (χ4v) is 2.46. The summed E-state index contributed by atoms with van der Waals surface area (Å²) in [5.74, 6) is -1.21. The lowest BCUT2D eigenvalue weighted by Crippen LogP contribution is -2.40. The number of carbonyl (C=O) groups excluding carboxylic acids is 1. The molecule has 1 aliphatic rings. The molecule has 1 fully saturated rings. The molecule has 2 rings (SSSR count). The molecular formula is C13H17N3O3. The van der Waals surface area contributed by atoms with Gasteiger partial charge in [-0.25, -0.2) is 4.79 Å². The standard InChI is InChI=1S/C13H17N3O3/c14-8-13(3-1-2-4-13)12(19)16-10-5-9(11(17)18)6-15-7-10/h5-7H,1-4,8,14H2,(H,16,19)(H,17,18). The molecule has 0 radical (unpaired) electrons. The van der Waals surface area contributed by atoms with Gasteiger partial charge in [-0.1, -0.05) is 12.8 Å². The first-order chi connectivity index (χ1) is 9.07. The Morgan fingerprint density at radius 2 is 2.05 bits per heavy atom. The summed E-state index contributed by atoms with van der Waals surface area (Å²) in [6, 6.07) is 1.40. The van der Waals surface area contributed by atoms with E-state index in [0.29, 0.717) is 12.2 Å². The van der Waals surface area contributed by atoms with Crippen LogP contribution < -0.4 is 11.1 Å². The Morgan fingerprint density at radius 1 is 1.37 bits per heavy atom. The van der Waals surface area contributed by atoms with Crippen LogP contribution in [0.2, 0.25) is 0 Å². The summed E-state index contributed by atoms with van der Waals surface area (Å²) < 4.78 is 0. The minimum Gasteiger partial charge on any atom is -0.478 e. The molecular weight excluding hydrogens is 246 g/mol. The van der Waals surface area contributed by atoms with Gasteiger partial charge in [0, 0.05) is 12.7 Å². The molecule has 0 aromatic carbocycles. The monoisotopic (exact) mass is 263 g/mol. The van der Waals surface area contributed by atoms with E-state index in [0.717, 1.165) is 25.7 Å². The van der Waals surface area contributed by atoms with Gasteiger partial charge in [-0.2, -0.15) is 0 Å². The quantitative estimate of drug-likeness (QED) is 0.757. The molecule has 1 aliphatic carbocycles. The third-order valence-corrected chi connectivity index (χ3v) is 3.68. The highest BCUT2D eigenvalue weighted by molar-refractivity contribution is 5.97. The van der Waals surface area contributed by atoms with Crippen molar-refractivity contribution in [1.82, 2.24) is 4.98 Å². The summed E-state index contributed by atoms with van der Waals surface area (Å²) >= 11 is 0. The fraction of sp³-hybridized carbons (Fsp3) is 0.462. The molecule has 0 saturated heterocycles. The van der Waals surface area contributed by atoms with E-state index in [4.69, 9.17) is 10.8 Å². The number of aromatic carboxylic acids is 1. The smallest absolute Gasteiger partial charge is 0.337 e. The Kier molecular flexibility index (Phi) is 3.80. The predicted molar refractivity (Wildman–Crippen MR) is 69.8 cm³/mol. The Balaban J connectivity index is 2.14. The maximum absolute atomic E-state index is 12.3. The van der Waals surface area contributed by atoms with Crippen LogP contribution in [-0.2, 0) is 4.79 Å². The van der Waals surface area contributed by atoms with E-state index in [1.807, 2.05) is 0 Å². The molecule has 1 heterocycles. The van der Waals surface area contributed by atoms with Crippen molar-refractivity contribution < 1.29 is 14.7 Å². The van der Waals surface area contributed by atoms with Crippen LogP contribution in [0.25, 0.3) is 0 Å². The number of carbonyl (C=O) groups is 2. The number of nitrogens with zero attached hydrogens (tertiary/aromatic N) is 1. The average Bonchev–Trinajstić information content (AvgIpc) is 2.89. The van der Waals surface area contributed by atoms with Gasteiger partial charge < -0.3 is 16.2 Å². The number of carboxylic acids is 1. The van der Waals surface area contributed by atoms with E-state index < -0.39 is 11.4 Å². The molecule has 1 saturated carbocycles. The van der Waals surface area contributed by atoms with Crippen LogP contribution in [-0.4, -0.2) is 28.5 Å². The van der Waals surface area contributed by atoms with Crippen molar-refractivity contribution in [3.63, 3.8) is 0 Å². The second-order valence-electron chi connectivity index (χ2n) is 4.91. The van der Waals surface area contributed by atoms with Crippen molar-refractivity contribution in [2.45, 2.75) is 25.7 Å². The topological polar surface area (TPSA) is 105 Å². The van der Waals surface area contributed by atoms with Crippen LogP contribution in [0.1, 0.15) is 36.0 Å².